The smallest absolute Gasteiger partial charge is 0.266 e. The Balaban J connectivity index is 3.03. The predicted molar refractivity (Wildman–Crippen MR) is 44.8 cm³/mol. The highest BCUT2D eigenvalue weighted by atomic mass is 79.9. The van der Waals surface area contributed by atoms with Gasteiger partial charge in [-0.1, -0.05) is 15.9 Å². The summed E-state index contributed by atoms with van der Waals surface area (Å²) >= 11 is 3.01. The van der Waals surface area contributed by atoms with Crippen LogP contribution in [0.25, 0.3) is 0 Å². The lowest BCUT2D eigenvalue weighted by atomic mass is 10.2. The average molecular weight is 237 g/mol. The number of pyridine rings is 1. The van der Waals surface area contributed by atoms with Crippen molar-refractivity contribution in [1.82, 2.24) is 4.98 Å². The van der Waals surface area contributed by atoms with Gasteiger partial charge >= 0.3 is 0 Å². The van der Waals surface area contributed by atoms with Gasteiger partial charge in [0.2, 0.25) is 0 Å². The molecular weight excluding hydrogens is 230 g/mol. The van der Waals surface area contributed by atoms with Crippen molar-refractivity contribution in [3.63, 3.8) is 0 Å². The standard InChI is InChI=1S/C7H7BrF2N2/c8-6-1-4(2-11)12-3-5(6)7(9)10/h1,3,7H,2,11H2. The van der Waals surface area contributed by atoms with Crippen LogP contribution in [0.1, 0.15) is 17.7 Å². The highest BCUT2D eigenvalue weighted by Crippen LogP contribution is 2.26. The molecule has 1 aromatic heterocycles. The van der Waals surface area contributed by atoms with E-state index in [4.69, 9.17) is 5.73 Å². The number of nitrogens with zero attached hydrogens (tertiary/aromatic N) is 1. The fourth-order valence-electron chi connectivity index (χ4n) is 0.753. The van der Waals surface area contributed by atoms with Crippen LogP contribution in [0.3, 0.4) is 0 Å². The molecule has 0 spiro atoms. The molecule has 2 N–H and O–H groups in total. The van der Waals surface area contributed by atoms with E-state index in [1.807, 2.05) is 0 Å². The Morgan fingerprint density at radius 1 is 1.58 bits per heavy atom. The van der Waals surface area contributed by atoms with Gasteiger partial charge in [0, 0.05) is 17.2 Å². The monoisotopic (exact) mass is 236 g/mol. The van der Waals surface area contributed by atoms with E-state index in [2.05, 4.69) is 20.9 Å². The topological polar surface area (TPSA) is 38.9 Å². The van der Waals surface area contributed by atoms with Crippen molar-refractivity contribution < 1.29 is 8.78 Å². The van der Waals surface area contributed by atoms with Crippen LogP contribution in [0.4, 0.5) is 8.78 Å². The van der Waals surface area contributed by atoms with Crippen LogP contribution < -0.4 is 5.73 Å². The largest absolute Gasteiger partial charge is 0.325 e. The summed E-state index contributed by atoms with van der Waals surface area (Å²) in [5.74, 6) is 0. The number of hydrogen-bond donors (Lipinski definition) is 1. The number of aromatic nitrogens is 1. The first-order chi connectivity index (χ1) is 5.65. The van der Waals surface area contributed by atoms with E-state index in [0.717, 1.165) is 6.20 Å². The van der Waals surface area contributed by atoms with Crippen LogP contribution in [-0.2, 0) is 6.54 Å². The maximum atomic E-state index is 12.2. The molecule has 2 nitrogen and oxygen atoms in total. The lowest BCUT2D eigenvalue weighted by molar-refractivity contribution is 0.150. The van der Waals surface area contributed by atoms with Crippen LogP contribution in [0.15, 0.2) is 16.7 Å². The van der Waals surface area contributed by atoms with Crippen molar-refractivity contribution in [2.75, 3.05) is 0 Å². The molecule has 5 heteroatoms. The van der Waals surface area contributed by atoms with E-state index in [0.29, 0.717) is 10.2 Å². The van der Waals surface area contributed by atoms with E-state index in [-0.39, 0.29) is 12.1 Å². The van der Waals surface area contributed by atoms with Crippen LogP contribution in [0.5, 0.6) is 0 Å². The molecule has 1 rings (SSSR count). The van der Waals surface area contributed by atoms with Crippen molar-refractivity contribution in [2.45, 2.75) is 13.0 Å². The first-order valence-corrected chi connectivity index (χ1v) is 4.07. The zero-order chi connectivity index (χ0) is 9.14. The molecule has 0 aliphatic rings. The zero-order valence-corrected chi connectivity index (χ0v) is 7.68. The summed E-state index contributed by atoms with van der Waals surface area (Å²) in [5.41, 5.74) is 5.76. The highest BCUT2D eigenvalue weighted by molar-refractivity contribution is 9.10. The van der Waals surface area contributed by atoms with Crippen LogP contribution in [0.2, 0.25) is 0 Å². The number of rotatable bonds is 2. The molecule has 0 fully saturated rings. The van der Waals surface area contributed by atoms with Gasteiger partial charge in [-0.25, -0.2) is 8.78 Å². The second-order valence-electron chi connectivity index (χ2n) is 2.20. The molecule has 66 valence electrons. The Morgan fingerprint density at radius 2 is 2.25 bits per heavy atom. The summed E-state index contributed by atoms with van der Waals surface area (Å²) in [6.45, 7) is 0.252. The van der Waals surface area contributed by atoms with Gasteiger partial charge in [0.1, 0.15) is 0 Å². The first kappa shape index (κ1) is 9.54. The summed E-state index contributed by atoms with van der Waals surface area (Å²) < 4.78 is 24.7. The van der Waals surface area contributed by atoms with E-state index < -0.39 is 6.43 Å². The van der Waals surface area contributed by atoms with E-state index in [1.165, 1.54) is 6.07 Å². The fourth-order valence-corrected chi connectivity index (χ4v) is 1.29. The fraction of sp³-hybridized carbons (Fsp3) is 0.286. The van der Waals surface area contributed by atoms with Gasteiger partial charge in [-0.15, -0.1) is 0 Å². The van der Waals surface area contributed by atoms with Gasteiger partial charge in [-0.05, 0) is 6.07 Å². The molecule has 1 heterocycles. The Kier molecular flexibility index (Phi) is 3.11. The van der Waals surface area contributed by atoms with Crippen LogP contribution in [0, 0.1) is 0 Å². The number of alkyl halides is 2. The van der Waals surface area contributed by atoms with Gasteiger partial charge in [0.25, 0.3) is 6.43 Å². The van der Waals surface area contributed by atoms with E-state index in [9.17, 15) is 8.78 Å². The molecule has 0 aliphatic heterocycles. The molecule has 0 saturated heterocycles. The van der Waals surface area contributed by atoms with Crippen molar-refractivity contribution in [2.24, 2.45) is 5.73 Å². The molecule has 0 amide bonds. The van der Waals surface area contributed by atoms with Crippen molar-refractivity contribution in [3.8, 4) is 0 Å². The third kappa shape index (κ3) is 1.98. The lowest BCUT2D eigenvalue weighted by Gasteiger charge is -2.03. The minimum atomic E-state index is -2.50. The molecule has 0 aliphatic carbocycles. The molecule has 0 bridgehead atoms. The number of nitrogens with two attached hydrogens (primary N) is 1. The summed E-state index contributed by atoms with van der Waals surface area (Å²) in [6, 6.07) is 1.50. The van der Waals surface area contributed by atoms with Gasteiger partial charge in [0.05, 0.1) is 11.3 Å². The maximum Gasteiger partial charge on any atom is 0.266 e. The maximum absolute atomic E-state index is 12.2. The van der Waals surface area contributed by atoms with Crippen LogP contribution >= 0.6 is 15.9 Å². The normalized spacial score (nSPS) is 10.8. The van der Waals surface area contributed by atoms with Crippen molar-refractivity contribution in [1.29, 1.82) is 0 Å². The highest BCUT2D eigenvalue weighted by Gasteiger charge is 2.11. The third-order valence-corrected chi connectivity index (χ3v) is 2.07. The predicted octanol–water partition coefficient (Wildman–Crippen LogP) is 2.24. The Labute approximate surface area is 76.9 Å². The van der Waals surface area contributed by atoms with Crippen LogP contribution in [-0.4, -0.2) is 4.98 Å². The Bertz CT molecular complexity index is 278. The lowest BCUT2D eigenvalue weighted by Crippen LogP contribution is -2.00. The summed E-state index contributed by atoms with van der Waals surface area (Å²) in [4.78, 5) is 3.74. The zero-order valence-electron chi connectivity index (χ0n) is 6.10. The van der Waals surface area contributed by atoms with Gasteiger partial charge in [-0.2, -0.15) is 0 Å². The van der Waals surface area contributed by atoms with Gasteiger partial charge < -0.3 is 5.73 Å². The molecule has 1 aromatic rings. The molecule has 0 aromatic carbocycles. The van der Waals surface area contributed by atoms with Gasteiger partial charge in [-0.3, -0.25) is 4.98 Å². The molecule has 0 radical (unpaired) electrons. The number of hydrogen-bond acceptors (Lipinski definition) is 2. The average Bonchev–Trinajstić information content (AvgIpc) is 2.03. The Hall–Kier alpha value is -0.550. The summed E-state index contributed by atoms with van der Waals surface area (Å²) in [7, 11) is 0. The SMILES string of the molecule is NCc1cc(Br)c(C(F)F)cn1. The summed E-state index contributed by atoms with van der Waals surface area (Å²) in [6.07, 6.45) is -1.37. The molecule has 0 atom stereocenters. The van der Waals surface area contributed by atoms with E-state index >= 15 is 0 Å². The molecule has 0 unspecified atom stereocenters. The summed E-state index contributed by atoms with van der Waals surface area (Å²) in [5, 5.41) is 0. The Morgan fingerprint density at radius 3 is 2.67 bits per heavy atom. The van der Waals surface area contributed by atoms with Crippen molar-refractivity contribution in [3.05, 3.63) is 28.0 Å². The number of halogens is 3. The molecule has 0 saturated carbocycles. The first-order valence-electron chi connectivity index (χ1n) is 3.27. The molecule has 12 heavy (non-hydrogen) atoms. The third-order valence-electron chi connectivity index (χ3n) is 1.38. The minimum Gasteiger partial charge on any atom is -0.325 e. The van der Waals surface area contributed by atoms with E-state index in [1.54, 1.807) is 0 Å². The second-order valence-corrected chi connectivity index (χ2v) is 3.06. The minimum absolute atomic E-state index is 0.104. The van der Waals surface area contributed by atoms with Gasteiger partial charge in [0.15, 0.2) is 0 Å². The molecular formula is C7H7BrF2N2. The second kappa shape index (κ2) is 3.91. The van der Waals surface area contributed by atoms with Crippen molar-refractivity contribution >= 4 is 15.9 Å². The quantitative estimate of drug-likeness (QED) is 0.856.